The molecule has 0 spiro atoms. The number of dihydropyridines is 1. The highest BCUT2D eigenvalue weighted by Crippen LogP contribution is 2.40. The molecule has 1 amide bonds. The summed E-state index contributed by atoms with van der Waals surface area (Å²) in [6.45, 7) is 6.39. The molecule has 0 radical (unpaired) electrons. The van der Waals surface area contributed by atoms with Crippen LogP contribution >= 0.6 is 0 Å². The SMILES string of the molecule is CCC1(OCC2CCCN2C(C)=O)C=CC=C2NC(C)=C(C(=O)O)C(N)=C21. The zero-order valence-corrected chi connectivity index (χ0v) is 16.0. The zero-order chi connectivity index (χ0) is 19.8. The molecular formula is C20H27N3O4. The molecule has 1 fully saturated rings. The molecule has 0 aromatic carbocycles. The van der Waals surface area contributed by atoms with Crippen molar-refractivity contribution in [1.29, 1.82) is 0 Å². The van der Waals surface area contributed by atoms with Crippen LogP contribution in [0.25, 0.3) is 0 Å². The van der Waals surface area contributed by atoms with Gasteiger partial charge in [-0.05, 0) is 38.3 Å². The second kappa shape index (κ2) is 7.23. The van der Waals surface area contributed by atoms with Crippen molar-refractivity contribution in [3.63, 3.8) is 0 Å². The number of hydrogen-bond donors (Lipinski definition) is 3. The Kier molecular flexibility index (Phi) is 5.15. The summed E-state index contributed by atoms with van der Waals surface area (Å²) < 4.78 is 6.37. The molecule has 4 N–H and O–H groups in total. The minimum atomic E-state index is -1.07. The summed E-state index contributed by atoms with van der Waals surface area (Å²) in [7, 11) is 0. The Morgan fingerprint density at radius 3 is 2.85 bits per heavy atom. The van der Waals surface area contributed by atoms with Gasteiger partial charge in [0.2, 0.25) is 5.91 Å². The topological polar surface area (TPSA) is 105 Å². The maximum absolute atomic E-state index is 11.8. The number of aliphatic carboxylic acids is 1. The molecule has 3 aliphatic rings. The number of amides is 1. The van der Waals surface area contributed by atoms with E-state index in [9.17, 15) is 14.7 Å². The number of carbonyl (C=O) groups excluding carboxylic acids is 1. The first-order chi connectivity index (χ1) is 12.8. The number of hydrogen-bond acceptors (Lipinski definition) is 5. The van der Waals surface area contributed by atoms with Gasteiger partial charge in [-0.1, -0.05) is 13.0 Å². The second-order valence-corrected chi connectivity index (χ2v) is 7.22. The van der Waals surface area contributed by atoms with E-state index in [4.69, 9.17) is 10.5 Å². The molecular weight excluding hydrogens is 346 g/mol. The molecule has 2 aliphatic heterocycles. The van der Waals surface area contributed by atoms with E-state index >= 15 is 0 Å². The fraction of sp³-hybridized carbons (Fsp3) is 0.500. The number of ether oxygens (including phenoxy) is 1. The Hall–Kier alpha value is -2.54. The Bertz CT molecular complexity index is 793. The number of carbonyl (C=O) groups is 2. The molecule has 2 heterocycles. The fourth-order valence-corrected chi connectivity index (χ4v) is 4.22. The van der Waals surface area contributed by atoms with Crippen molar-refractivity contribution in [2.45, 2.75) is 51.7 Å². The van der Waals surface area contributed by atoms with Gasteiger partial charge in [0.15, 0.2) is 0 Å². The molecule has 27 heavy (non-hydrogen) atoms. The lowest BCUT2D eigenvalue weighted by atomic mass is 9.80. The van der Waals surface area contributed by atoms with Crippen LogP contribution in [0.5, 0.6) is 0 Å². The van der Waals surface area contributed by atoms with Crippen molar-refractivity contribution in [2.24, 2.45) is 5.73 Å². The van der Waals surface area contributed by atoms with Crippen molar-refractivity contribution in [1.82, 2.24) is 10.2 Å². The number of carboxylic acid groups (broad SMARTS) is 1. The first-order valence-electron chi connectivity index (χ1n) is 9.33. The first kappa shape index (κ1) is 19.2. The van der Waals surface area contributed by atoms with E-state index < -0.39 is 11.6 Å². The van der Waals surface area contributed by atoms with Crippen molar-refractivity contribution < 1.29 is 19.4 Å². The molecule has 2 atom stereocenters. The lowest BCUT2D eigenvalue weighted by Crippen LogP contribution is -2.45. The Balaban J connectivity index is 1.94. The van der Waals surface area contributed by atoms with E-state index in [1.165, 1.54) is 0 Å². The number of nitrogens with one attached hydrogen (secondary N) is 1. The van der Waals surface area contributed by atoms with Crippen molar-refractivity contribution in [3.05, 3.63) is 46.5 Å². The van der Waals surface area contributed by atoms with Gasteiger partial charge in [0.1, 0.15) is 11.2 Å². The summed E-state index contributed by atoms with van der Waals surface area (Å²) in [5, 5.41) is 12.7. The van der Waals surface area contributed by atoms with Crippen LogP contribution in [0.2, 0.25) is 0 Å². The van der Waals surface area contributed by atoms with Crippen LogP contribution in [0.4, 0.5) is 0 Å². The molecule has 1 aliphatic carbocycles. The number of nitrogens with zero attached hydrogens (tertiary/aromatic N) is 1. The summed E-state index contributed by atoms with van der Waals surface area (Å²) >= 11 is 0. The van der Waals surface area contributed by atoms with E-state index in [0.29, 0.717) is 24.3 Å². The maximum atomic E-state index is 11.8. The van der Waals surface area contributed by atoms with E-state index in [2.05, 4.69) is 5.32 Å². The maximum Gasteiger partial charge on any atom is 0.339 e. The van der Waals surface area contributed by atoms with Gasteiger partial charge in [-0.25, -0.2) is 4.79 Å². The Labute approximate surface area is 159 Å². The average Bonchev–Trinajstić information content (AvgIpc) is 3.08. The van der Waals surface area contributed by atoms with Crippen molar-refractivity contribution in [2.75, 3.05) is 13.2 Å². The number of nitrogens with two attached hydrogens (primary N) is 1. The molecule has 2 unspecified atom stereocenters. The highest BCUT2D eigenvalue weighted by Gasteiger charge is 2.42. The molecule has 7 nitrogen and oxygen atoms in total. The molecule has 0 saturated carbocycles. The number of likely N-dealkylation sites (tertiary alicyclic amines) is 1. The van der Waals surface area contributed by atoms with Gasteiger partial charge in [0.05, 0.1) is 18.3 Å². The standard InChI is InChI=1S/C20H27N3O4/c1-4-20(27-11-14-7-6-10-23(14)13(3)24)9-5-8-15-17(20)18(21)16(19(25)26)12(2)22-15/h5,8-9,14,22H,4,6-7,10-11,21H2,1-3H3,(H,25,26). The van der Waals surface area contributed by atoms with Gasteiger partial charge in [0, 0.05) is 30.4 Å². The minimum absolute atomic E-state index is 0.0308. The molecule has 146 valence electrons. The van der Waals surface area contributed by atoms with Crippen LogP contribution in [0, 0.1) is 0 Å². The predicted molar refractivity (Wildman–Crippen MR) is 101 cm³/mol. The van der Waals surface area contributed by atoms with Gasteiger partial charge in [-0.2, -0.15) is 0 Å². The Morgan fingerprint density at radius 2 is 2.22 bits per heavy atom. The highest BCUT2D eigenvalue weighted by molar-refractivity contribution is 5.94. The quantitative estimate of drug-likeness (QED) is 0.679. The molecule has 0 bridgehead atoms. The zero-order valence-electron chi connectivity index (χ0n) is 16.0. The van der Waals surface area contributed by atoms with Crippen molar-refractivity contribution >= 4 is 11.9 Å². The van der Waals surface area contributed by atoms with Crippen LogP contribution in [0.15, 0.2) is 46.5 Å². The summed E-state index contributed by atoms with van der Waals surface area (Å²) in [6.07, 6.45) is 8.16. The van der Waals surface area contributed by atoms with Crippen LogP contribution < -0.4 is 11.1 Å². The largest absolute Gasteiger partial charge is 0.478 e. The van der Waals surface area contributed by atoms with Crippen LogP contribution in [-0.4, -0.2) is 46.7 Å². The lowest BCUT2D eigenvalue weighted by molar-refractivity contribution is -0.133. The number of rotatable bonds is 5. The van der Waals surface area contributed by atoms with Gasteiger partial charge >= 0.3 is 5.97 Å². The molecule has 7 heteroatoms. The van der Waals surface area contributed by atoms with Crippen molar-refractivity contribution in [3.8, 4) is 0 Å². The minimum Gasteiger partial charge on any atom is -0.478 e. The van der Waals surface area contributed by atoms with Gasteiger partial charge < -0.3 is 25.8 Å². The third-order valence-electron chi connectivity index (χ3n) is 5.61. The van der Waals surface area contributed by atoms with E-state index in [0.717, 1.165) is 25.1 Å². The normalized spacial score (nSPS) is 27.4. The fourth-order valence-electron chi connectivity index (χ4n) is 4.22. The molecule has 0 aromatic heterocycles. The summed E-state index contributed by atoms with van der Waals surface area (Å²) in [4.78, 5) is 25.4. The predicted octanol–water partition coefficient (Wildman–Crippen LogP) is 1.79. The summed E-state index contributed by atoms with van der Waals surface area (Å²) in [6, 6.07) is 0.0308. The monoisotopic (exact) mass is 373 g/mol. The summed E-state index contributed by atoms with van der Waals surface area (Å²) in [5.41, 5.74) is 7.72. The van der Waals surface area contributed by atoms with Crippen LogP contribution in [-0.2, 0) is 14.3 Å². The highest BCUT2D eigenvalue weighted by atomic mass is 16.5. The van der Waals surface area contributed by atoms with E-state index in [1.807, 2.05) is 30.1 Å². The van der Waals surface area contributed by atoms with Gasteiger partial charge in [0.25, 0.3) is 0 Å². The third kappa shape index (κ3) is 3.27. The Morgan fingerprint density at radius 1 is 1.48 bits per heavy atom. The number of allylic oxidation sites excluding steroid dienone is 3. The summed E-state index contributed by atoms with van der Waals surface area (Å²) in [5.74, 6) is -1.02. The van der Waals surface area contributed by atoms with Crippen LogP contribution in [0.3, 0.4) is 0 Å². The smallest absolute Gasteiger partial charge is 0.339 e. The second-order valence-electron chi connectivity index (χ2n) is 7.22. The average molecular weight is 373 g/mol. The van der Waals surface area contributed by atoms with E-state index in [-0.39, 0.29) is 23.2 Å². The number of fused-ring (bicyclic) bond motifs is 1. The van der Waals surface area contributed by atoms with Gasteiger partial charge in [-0.15, -0.1) is 0 Å². The molecule has 0 aromatic rings. The number of carboxylic acids is 1. The molecule has 1 saturated heterocycles. The third-order valence-corrected chi connectivity index (χ3v) is 5.61. The lowest BCUT2D eigenvalue weighted by Gasteiger charge is -2.40. The molecule has 3 rings (SSSR count). The first-order valence-corrected chi connectivity index (χ1v) is 9.33. The van der Waals surface area contributed by atoms with Crippen LogP contribution in [0.1, 0.15) is 40.0 Å². The van der Waals surface area contributed by atoms with Gasteiger partial charge in [-0.3, -0.25) is 4.79 Å². The van der Waals surface area contributed by atoms with E-state index in [1.54, 1.807) is 13.8 Å².